The highest BCUT2D eigenvalue weighted by molar-refractivity contribution is 6.42. The van der Waals surface area contributed by atoms with E-state index in [1.807, 2.05) is 60.7 Å². The molecule has 0 saturated carbocycles. The van der Waals surface area contributed by atoms with Crippen molar-refractivity contribution in [1.82, 2.24) is 40.6 Å². The van der Waals surface area contributed by atoms with Crippen LogP contribution in [0.3, 0.4) is 0 Å². The van der Waals surface area contributed by atoms with Gasteiger partial charge in [-0.25, -0.2) is 4.68 Å². The molecule has 0 aliphatic carbocycles. The van der Waals surface area contributed by atoms with Crippen molar-refractivity contribution in [2.24, 2.45) is 0 Å². The van der Waals surface area contributed by atoms with Crippen LogP contribution in [0.1, 0.15) is 0 Å². The summed E-state index contributed by atoms with van der Waals surface area (Å²) in [7, 11) is 0. The van der Waals surface area contributed by atoms with Gasteiger partial charge < -0.3 is 0 Å². The van der Waals surface area contributed by atoms with Gasteiger partial charge in [-0.15, -0.1) is 15.3 Å². The fourth-order valence-corrected chi connectivity index (χ4v) is 4.11. The summed E-state index contributed by atoms with van der Waals surface area (Å²) in [4.78, 5) is 0. The number of nitrogens with one attached hydrogen (secondary N) is 1. The highest BCUT2D eigenvalue weighted by Crippen LogP contribution is 2.34. The number of H-pyrrole nitrogens is 1. The van der Waals surface area contributed by atoms with E-state index >= 15 is 0 Å². The fraction of sp³-hybridized carbons (Fsp3) is 0. The zero-order chi connectivity index (χ0) is 23.1. The molecule has 0 radical (unpaired) electrons. The van der Waals surface area contributed by atoms with Gasteiger partial charge in [0.1, 0.15) is 17.7 Å². The van der Waals surface area contributed by atoms with Crippen LogP contribution in [0.5, 0.6) is 0 Å². The molecule has 8 nitrogen and oxygen atoms in total. The molecule has 3 heterocycles. The molecule has 0 unspecified atom stereocenters. The zero-order valence-corrected chi connectivity index (χ0v) is 18.9. The summed E-state index contributed by atoms with van der Waals surface area (Å²) in [6.07, 6.45) is 1.55. The third-order valence-corrected chi connectivity index (χ3v) is 6.23. The number of halogens is 2. The zero-order valence-electron chi connectivity index (χ0n) is 17.4. The lowest BCUT2D eigenvalue weighted by Crippen LogP contribution is -1.97. The number of aromatic amines is 1. The maximum Gasteiger partial charge on any atom is 0.143 e. The molecule has 0 amide bonds. The lowest BCUT2D eigenvalue weighted by molar-refractivity contribution is 0.789. The van der Waals surface area contributed by atoms with Crippen LogP contribution >= 0.6 is 23.2 Å². The van der Waals surface area contributed by atoms with Gasteiger partial charge in [0.05, 0.1) is 27.1 Å². The largest absolute Gasteiger partial charge is 0.276 e. The SMILES string of the molecule is Clc1ccc(-c2cc(-c3nnc(-c4ccc(-n5cnnn5)cc4)c4ccccc34)[nH]n2)cc1Cl. The Morgan fingerprint density at radius 1 is 0.735 bits per heavy atom. The van der Waals surface area contributed by atoms with Crippen molar-refractivity contribution < 1.29 is 0 Å². The third-order valence-electron chi connectivity index (χ3n) is 5.49. The van der Waals surface area contributed by atoms with Gasteiger partial charge in [0.25, 0.3) is 0 Å². The molecule has 6 aromatic rings. The van der Waals surface area contributed by atoms with Gasteiger partial charge >= 0.3 is 0 Å². The second kappa shape index (κ2) is 8.33. The molecular weight excluding hydrogens is 471 g/mol. The summed E-state index contributed by atoms with van der Waals surface area (Å²) in [6.45, 7) is 0. The van der Waals surface area contributed by atoms with E-state index < -0.39 is 0 Å². The van der Waals surface area contributed by atoms with E-state index in [0.29, 0.717) is 15.7 Å². The molecular formula is C24H14Cl2N8. The standard InChI is InChI=1S/C24H14Cl2N8/c25-19-10-7-15(11-20(19)26)21-12-22(29-28-21)24-18-4-2-1-3-17(18)23(30-31-24)14-5-8-16(9-6-14)34-13-27-32-33-34/h1-13H,(H,28,29). The van der Waals surface area contributed by atoms with Crippen molar-refractivity contribution >= 4 is 34.0 Å². The number of benzene rings is 3. The number of rotatable bonds is 4. The van der Waals surface area contributed by atoms with Crippen LogP contribution in [0.4, 0.5) is 0 Å². The highest BCUT2D eigenvalue weighted by atomic mass is 35.5. The molecule has 0 spiro atoms. The van der Waals surface area contributed by atoms with Crippen molar-refractivity contribution in [3.05, 3.63) is 89.2 Å². The normalized spacial score (nSPS) is 11.2. The van der Waals surface area contributed by atoms with Crippen molar-refractivity contribution in [1.29, 1.82) is 0 Å². The Balaban J connectivity index is 1.41. The summed E-state index contributed by atoms with van der Waals surface area (Å²) in [6, 6.07) is 23.2. The minimum Gasteiger partial charge on any atom is -0.276 e. The molecule has 0 atom stereocenters. The predicted molar refractivity (Wildman–Crippen MR) is 131 cm³/mol. The van der Waals surface area contributed by atoms with Crippen LogP contribution in [-0.2, 0) is 0 Å². The number of hydrogen-bond donors (Lipinski definition) is 1. The van der Waals surface area contributed by atoms with E-state index in [2.05, 4.69) is 35.9 Å². The molecule has 164 valence electrons. The molecule has 34 heavy (non-hydrogen) atoms. The number of aromatic nitrogens is 8. The Morgan fingerprint density at radius 2 is 1.47 bits per heavy atom. The predicted octanol–water partition coefficient (Wildman–Crippen LogP) is 5.64. The van der Waals surface area contributed by atoms with Crippen LogP contribution in [0.25, 0.3) is 50.4 Å². The Labute approximate surface area is 203 Å². The topological polar surface area (TPSA) is 98.1 Å². The average Bonchev–Trinajstić information content (AvgIpc) is 3.58. The van der Waals surface area contributed by atoms with Gasteiger partial charge in [0, 0.05) is 21.9 Å². The van der Waals surface area contributed by atoms with Crippen LogP contribution in [-0.4, -0.2) is 40.6 Å². The molecule has 1 N–H and O–H groups in total. The van der Waals surface area contributed by atoms with Crippen LogP contribution in [0, 0.1) is 0 Å². The van der Waals surface area contributed by atoms with E-state index in [1.54, 1.807) is 23.1 Å². The number of hydrogen-bond acceptors (Lipinski definition) is 6. The van der Waals surface area contributed by atoms with E-state index in [-0.39, 0.29) is 0 Å². The molecule has 0 fully saturated rings. The minimum atomic E-state index is 0.476. The van der Waals surface area contributed by atoms with Gasteiger partial charge in [0.2, 0.25) is 0 Å². The summed E-state index contributed by atoms with van der Waals surface area (Å²) in [5, 5.41) is 30.8. The fourth-order valence-electron chi connectivity index (χ4n) is 3.81. The Kier molecular flexibility index (Phi) is 5.01. The molecule has 6 rings (SSSR count). The van der Waals surface area contributed by atoms with Gasteiger partial charge in [-0.2, -0.15) is 5.10 Å². The van der Waals surface area contributed by atoms with E-state index in [4.69, 9.17) is 23.2 Å². The van der Waals surface area contributed by atoms with Crippen molar-refractivity contribution in [2.45, 2.75) is 0 Å². The van der Waals surface area contributed by atoms with Crippen LogP contribution < -0.4 is 0 Å². The second-order valence-electron chi connectivity index (χ2n) is 7.54. The maximum atomic E-state index is 6.18. The van der Waals surface area contributed by atoms with Crippen molar-refractivity contribution in [2.75, 3.05) is 0 Å². The lowest BCUT2D eigenvalue weighted by Gasteiger charge is -2.09. The van der Waals surface area contributed by atoms with E-state index in [1.165, 1.54) is 0 Å². The highest BCUT2D eigenvalue weighted by Gasteiger charge is 2.15. The number of nitrogens with zero attached hydrogens (tertiary/aromatic N) is 7. The Hall–Kier alpha value is -4.14. The van der Waals surface area contributed by atoms with Gasteiger partial charge in [0.15, 0.2) is 0 Å². The molecule has 0 bridgehead atoms. The molecule has 10 heteroatoms. The number of fused-ring (bicyclic) bond motifs is 1. The monoisotopic (exact) mass is 484 g/mol. The first-order chi connectivity index (χ1) is 16.7. The lowest BCUT2D eigenvalue weighted by atomic mass is 10.0. The van der Waals surface area contributed by atoms with Crippen molar-refractivity contribution in [3.63, 3.8) is 0 Å². The first kappa shape index (κ1) is 20.5. The van der Waals surface area contributed by atoms with Gasteiger partial charge in [-0.1, -0.05) is 65.7 Å². The van der Waals surface area contributed by atoms with Gasteiger partial charge in [-0.05, 0) is 40.8 Å². The Morgan fingerprint density at radius 3 is 2.21 bits per heavy atom. The average molecular weight is 485 g/mol. The van der Waals surface area contributed by atoms with Gasteiger partial charge in [-0.3, -0.25) is 5.10 Å². The molecule has 0 aliphatic rings. The smallest absolute Gasteiger partial charge is 0.143 e. The second-order valence-corrected chi connectivity index (χ2v) is 8.35. The summed E-state index contributed by atoms with van der Waals surface area (Å²) in [5.41, 5.74) is 5.64. The number of tetrazole rings is 1. The molecule has 3 aromatic carbocycles. The minimum absolute atomic E-state index is 0.476. The summed E-state index contributed by atoms with van der Waals surface area (Å²) < 4.78 is 1.60. The molecule has 3 aromatic heterocycles. The Bertz CT molecular complexity index is 1630. The molecule has 0 saturated heterocycles. The summed E-state index contributed by atoms with van der Waals surface area (Å²) in [5.74, 6) is 0. The summed E-state index contributed by atoms with van der Waals surface area (Å²) >= 11 is 12.2. The van der Waals surface area contributed by atoms with E-state index in [9.17, 15) is 0 Å². The quantitative estimate of drug-likeness (QED) is 0.347. The maximum absolute atomic E-state index is 6.18. The van der Waals surface area contributed by atoms with Crippen LogP contribution in [0.2, 0.25) is 10.0 Å². The third kappa shape index (κ3) is 3.59. The van der Waals surface area contributed by atoms with Crippen molar-refractivity contribution in [3.8, 4) is 39.6 Å². The first-order valence-corrected chi connectivity index (χ1v) is 11.0. The first-order valence-electron chi connectivity index (χ1n) is 10.3. The van der Waals surface area contributed by atoms with E-state index in [0.717, 1.165) is 44.7 Å². The van der Waals surface area contributed by atoms with Crippen LogP contribution in [0.15, 0.2) is 79.1 Å². The molecule has 0 aliphatic heterocycles.